The highest BCUT2D eigenvalue weighted by Gasteiger charge is 2.18. The minimum Gasteiger partial charge on any atom is -0.378 e. The molecule has 0 spiro atoms. The minimum atomic E-state index is -0.333. The van der Waals surface area contributed by atoms with Crippen LogP contribution in [0.25, 0.3) is 0 Å². The second-order valence-electron chi connectivity index (χ2n) is 4.43. The monoisotopic (exact) mass is 288 g/mol. The van der Waals surface area contributed by atoms with Gasteiger partial charge < -0.3 is 14.9 Å². The first kappa shape index (κ1) is 15.4. The zero-order valence-electron chi connectivity index (χ0n) is 12.2. The van der Waals surface area contributed by atoms with E-state index in [-0.39, 0.29) is 6.10 Å². The topological polar surface area (TPSA) is 82.3 Å². The van der Waals surface area contributed by atoms with Gasteiger partial charge >= 0.3 is 0 Å². The number of benzene rings is 1. The van der Waals surface area contributed by atoms with E-state index in [4.69, 9.17) is 15.3 Å². The molecule has 6 heteroatoms. The summed E-state index contributed by atoms with van der Waals surface area (Å²) in [5, 5.41) is 0. The Labute approximate surface area is 124 Å². The summed E-state index contributed by atoms with van der Waals surface area (Å²) in [5.74, 6) is 6.57. The van der Waals surface area contributed by atoms with E-state index in [0.717, 1.165) is 11.3 Å². The normalized spacial score (nSPS) is 12.1. The fourth-order valence-electron chi connectivity index (χ4n) is 2.05. The van der Waals surface area contributed by atoms with Gasteiger partial charge in [0, 0.05) is 19.8 Å². The Morgan fingerprint density at radius 3 is 2.62 bits per heavy atom. The van der Waals surface area contributed by atoms with Gasteiger partial charge in [0.1, 0.15) is 11.9 Å². The SMILES string of the molecule is CCOC(c1ccccc1)c1nc(COC)cc(NN)n1. The first-order valence-electron chi connectivity index (χ1n) is 6.78. The quantitative estimate of drug-likeness (QED) is 0.599. The summed E-state index contributed by atoms with van der Waals surface area (Å²) in [6.45, 7) is 2.89. The molecule has 1 heterocycles. The zero-order chi connectivity index (χ0) is 15.1. The molecule has 1 atom stereocenters. The summed E-state index contributed by atoms with van der Waals surface area (Å²) in [6, 6.07) is 11.6. The minimum absolute atomic E-state index is 0.333. The van der Waals surface area contributed by atoms with Crippen LogP contribution < -0.4 is 11.3 Å². The van der Waals surface area contributed by atoms with E-state index in [2.05, 4.69) is 15.4 Å². The maximum Gasteiger partial charge on any atom is 0.164 e. The van der Waals surface area contributed by atoms with Crippen LogP contribution in [-0.2, 0) is 16.1 Å². The molecule has 112 valence electrons. The Morgan fingerprint density at radius 1 is 1.24 bits per heavy atom. The Hall–Kier alpha value is -2.02. The van der Waals surface area contributed by atoms with Gasteiger partial charge in [0.05, 0.1) is 12.3 Å². The van der Waals surface area contributed by atoms with Gasteiger partial charge in [0.15, 0.2) is 5.82 Å². The number of nitrogens with one attached hydrogen (secondary N) is 1. The molecule has 0 bridgehead atoms. The van der Waals surface area contributed by atoms with Gasteiger partial charge in [-0.1, -0.05) is 30.3 Å². The fraction of sp³-hybridized carbons (Fsp3) is 0.333. The molecule has 0 saturated carbocycles. The zero-order valence-corrected chi connectivity index (χ0v) is 12.2. The summed E-state index contributed by atoms with van der Waals surface area (Å²) in [4.78, 5) is 8.91. The number of hydrogen-bond donors (Lipinski definition) is 2. The van der Waals surface area contributed by atoms with Gasteiger partial charge in [-0.15, -0.1) is 0 Å². The van der Waals surface area contributed by atoms with E-state index in [1.807, 2.05) is 37.3 Å². The highest BCUT2D eigenvalue weighted by Crippen LogP contribution is 2.24. The highest BCUT2D eigenvalue weighted by molar-refractivity contribution is 5.36. The average molecular weight is 288 g/mol. The van der Waals surface area contributed by atoms with Crippen LogP contribution >= 0.6 is 0 Å². The number of methoxy groups -OCH3 is 1. The molecule has 1 aromatic heterocycles. The molecule has 0 fully saturated rings. The molecule has 0 radical (unpaired) electrons. The van der Waals surface area contributed by atoms with Crippen LogP contribution in [0.4, 0.5) is 5.82 Å². The van der Waals surface area contributed by atoms with Crippen molar-refractivity contribution >= 4 is 5.82 Å². The van der Waals surface area contributed by atoms with Crippen LogP contribution in [0.2, 0.25) is 0 Å². The molecule has 2 aromatic rings. The smallest absolute Gasteiger partial charge is 0.164 e. The molecular weight excluding hydrogens is 268 g/mol. The van der Waals surface area contributed by atoms with Crippen LogP contribution in [0.3, 0.4) is 0 Å². The van der Waals surface area contributed by atoms with Crippen LogP contribution in [0.5, 0.6) is 0 Å². The standard InChI is InChI=1S/C15H20N4O2/c1-3-21-14(11-7-5-4-6-8-11)15-17-12(10-20-2)9-13(18-15)19-16/h4-9,14H,3,10,16H2,1-2H3,(H,17,18,19). The number of hydrazine groups is 1. The lowest BCUT2D eigenvalue weighted by Gasteiger charge is -2.17. The largest absolute Gasteiger partial charge is 0.378 e. The third-order valence-electron chi connectivity index (χ3n) is 2.91. The molecule has 6 nitrogen and oxygen atoms in total. The van der Waals surface area contributed by atoms with Gasteiger partial charge in [-0.25, -0.2) is 15.8 Å². The van der Waals surface area contributed by atoms with Crippen LogP contribution in [0, 0.1) is 0 Å². The number of rotatable bonds is 7. The van der Waals surface area contributed by atoms with E-state index in [1.54, 1.807) is 13.2 Å². The summed E-state index contributed by atoms with van der Waals surface area (Å²) < 4.78 is 10.9. The van der Waals surface area contributed by atoms with E-state index in [9.17, 15) is 0 Å². The van der Waals surface area contributed by atoms with Gasteiger partial charge in [-0.05, 0) is 12.5 Å². The van der Waals surface area contributed by atoms with Crippen molar-refractivity contribution in [2.24, 2.45) is 5.84 Å². The molecule has 0 aliphatic carbocycles. The molecule has 2 rings (SSSR count). The van der Waals surface area contributed by atoms with E-state index >= 15 is 0 Å². The summed E-state index contributed by atoms with van der Waals surface area (Å²) in [7, 11) is 1.62. The van der Waals surface area contributed by atoms with Crippen molar-refractivity contribution in [3.63, 3.8) is 0 Å². The molecule has 3 N–H and O–H groups in total. The Bertz CT molecular complexity index is 563. The second kappa shape index (κ2) is 7.68. The van der Waals surface area contributed by atoms with E-state index < -0.39 is 0 Å². The number of hydrogen-bond acceptors (Lipinski definition) is 6. The van der Waals surface area contributed by atoms with E-state index in [1.165, 1.54) is 0 Å². The molecule has 0 aliphatic heterocycles. The predicted molar refractivity (Wildman–Crippen MR) is 80.5 cm³/mol. The molecule has 21 heavy (non-hydrogen) atoms. The van der Waals surface area contributed by atoms with Gasteiger partial charge in [-0.2, -0.15) is 0 Å². The maximum absolute atomic E-state index is 5.81. The third-order valence-corrected chi connectivity index (χ3v) is 2.91. The number of ether oxygens (including phenoxy) is 2. The van der Waals surface area contributed by atoms with Crippen molar-refractivity contribution < 1.29 is 9.47 Å². The number of nitrogens with zero attached hydrogens (tertiary/aromatic N) is 2. The average Bonchev–Trinajstić information content (AvgIpc) is 2.53. The number of aromatic nitrogens is 2. The second-order valence-corrected chi connectivity index (χ2v) is 4.43. The maximum atomic E-state index is 5.81. The lowest BCUT2D eigenvalue weighted by atomic mass is 10.1. The lowest BCUT2D eigenvalue weighted by molar-refractivity contribution is 0.0845. The third kappa shape index (κ3) is 3.98. The summed E-state index contributed by atoms with van der Waals surface area (Å²) >= 11 is 0. The Kier molecular flexibility index (Phi) is 5.62. The number of nitrogen functional groups attached to an aromatic ring is 1. The fourth-order valence-corrected chi connectivity index (χ4v) is 2.05. The number of nitrogens with two attached hydrogens (primary N) is 1. The van der Waals surface area contributed by atoms with Gasteiger partial charge in [-0.3, -0.25) is 0 Å². The first-order chi connectivity index (χ1) is 10.3. The lowest BCUT2D eigenvalue weighted by Crippen LogP contribution is -2.16. The molecule has 0 amide bonds. The first-order valence-corrected chi connectivity index (χ1v) is 6.78. The van der Waals surface area contributed by atoms with Crippen molar-refractivity contribution in [3.05, 3.63) is 53.5 Å². The molecule has 0 saturated heterocycles. The molecular formula is C15H20N4O2. The van der Waals surface area contributed by atoms with Crippen LogP contribution in [0.15, 0.2) is 36.4 Å². The van der Waals surface area contributed by atoms with Crippen LogP contribution in [-0.4, -0.2) is 23.7 Å². The van der Waals surface area contributed by atoms with Gasteiger partial charge in [0.2, 0.25) is 0 Å². The predicted octanol–water partition coefficient (Wildman–Crippen LogP) is 2.03. The van der Waals surface area contributed by atoms with Crippen molar-refractivity contribution in [1.29, 1.82) is 0 Å². The highest BCUT2D eigenvalue weighted by atomic mass is 16.5. The van der Waals surface area contributed by atoms with Crippen LogP contribution in [0.1, 0.15) is 30.1 Å². The Balaban J connectivity index is 2.41. The van der Waals surface area contributed by atoms with Crippen molar-refractivity contribution in [2.45, 2.75) is 19.6 Å². The van der Waals surface area contributed by atoms with Crippen molar-refractivity contribution in [3.8, 4) is 0 Å². The number of anilines is 1. The summed E-state index contributed by atoms with van der Waals surface area (Å²) in [5.41, 5.74) is 4.30. The molecule has 1 aromatic carbocycles. The summed E-state index contributed by atoms with van der Waals surface area (Å²) in [6.07, 6.45) is -0.333. The van der Waals surface area contributed by atoms with Crippen molar-refractivity contribution in [2.75, 3.05) is 19.1 Å². The van der Waals surface area contributed by atoms with E-state index in [0.29, 0.717) is 24.9 Å². The Morgan fingerprint density at radius 2 is 2.00 bits per heavy atom. The van der Waals surface area contributed by atoms with Gasteiger partial charge in [0.25, 0.3) is 0 Å². The van der Waals surface area contributed by atoms with Crippen molar-refractivity contribution in [1.82, 2.24) is 9.97 Å². The molecule has 1 unspecified atom stereocenters. The molecule has 0 aliphatic rings.